The van der Waals surface area contributed by atoms with E-state index in [0.29, 0.717) is 42.1 Å². The summed E-state index contributed by atoms with van der Waals surface area (Å²) in [5.74, 6) is 4.23. The number of hydrogen-bond acceptors (Lipinski definition) is 5. The van der Waals surface area contributed by atoms with Crippen molar-refractivity contribution < 1.29 is 9.52 Å². The van der Waals surface area contributed by atoms with Gasteiger partial charge in [-0.3, -0.25) is 0 Å². The third-order valence-electron chi connectivity index (χ3n) is 7.70. The van der Waals surface area contributed by atoms with Gasteiger partial charge in [0.2, 0.25) is 11.8 Å². The lowest BCUT2D eigenvalue weighted by molar-refractivity contribution is 0.103. The molecule has 1 N–H and O–H groups in total. The van der Waals surface area contributed by atoms with Crippen molar-refractivity contribution in [2.24, 2.45) is 29.6 Å². The van der Waals surface area contributed by atoms with Gasteiger partial charge < -0.3 is 14.4 Å². The number of allylic oxidation sites excluding steroid dienone is 1. The Morgan fingerprint density at radius 3 is 2.47 bits per heavy atom. The molecular formula is C27H39N3O2. The first kappa shape index (κ1) is 23.2. The number of piperidine rings is 1. The lowest BCUT2D eigenvalue weighted by Crippen LogP contribution is -2.41. The predicted octanol–water partition coefficient (Wildman–Crippen LogP) is 5.15. The second kappa shape index (κ2) is 10.3. The van der Waals surface area contributed by atoms with E-state index in [-0.39, 0.29) is 0 Å². The summed E-state index contributed by atoms with van der Waals surface area (Å²) in [6.07, 6.45) is 6.79. The van der Waals surface area contributed by atoms with Gasteiger partial charge in [0, 0.05) is 25.1 Å². The Hall–Kier alpha value is -1.98. The van der Waals surface area contributed by atoms with Crippen LogP contribution in [0.5, 0.6) is 0 Å². The molecule has 1 aromatic heterocycles. The van der Waals surface area contributed by atoms with E-state index >= 15 is 0 Å². The molecule has 0 bridgehead atoms. The quantitative estimate of drug-likeness (QED) is 0.607. The molecule has 0 spiro atoms. The average molecular weight is 438 g/mol. The highest BCUT2D eigenvalue weighted by Gasteiger charge is 2.34. The highest BCUT2D eigenvalue weighted by molar-refractivity contribution is 5.52. The summed E-state index contributed by atoms with van der Waals surface area (Å²) in [5.41, 5.74) is 3.67. The van der Waals surface area contributed by atoms with Gasteiger partial charge in [-0.1, -0.05) is 43.2 Å². The topological polar surface area (TPSA) is 62.4 Å². The molecule has 0 radical (unpaired) electrons. The maximum absolute atomic E-state index is 9.43. The average Bonchev–Trinajstić information content (AvgIpc) is 3.25. The number of aromatic nitrogens is 2. The summed E-state index contributed by atoms with van der Waals surface area (Å²) in [7, 11) is 0. The molecule has 1 aromatic carbocycles. The molecule has 5 nitrogen and oxygen atoms in total. The van der Waals surface area contributed by atoms with E-state index in [4.69, 9.17) is 4.42 Å². The van der Waals surface area contributed by atoms with Crippen molar-refractivity contribution in [2.45, 2.75) is 53.4 Å². The molecule has 2 aliphatic rings. The molecule has 32 heavy (non-hydrogen) atoms. The van der Waals surface area contributed by atoms with Crippen molar-refractivity contribution in [3.05, 3.63) is 47.4 Å². The van der Waals surface area contributed by atoms with Gasteiger partial charge in [-0.05, 0) is 87.9 Å². The third kappa shape index (κ3) is 5.49. The first-order chi connectivity index (χ1) is 15.4. The fourth-order valence-corrected chi connectivity index (χ4v) is 5.49. The van der Waals surface area contributed by atoms with Crippen molar-refractivity contribution in [3.8, 4) is 11.5 Å². The maximum Gasteiger partial charge on any atom is 0.247 e. The first-order valence-electron chi connectivity index (χ1n) is 12.3. The molecule has 174 valence electrons. The van der Waals surface area contributed by atoms with Crippen molar-refractivity contribution in [2.75, 3.05) is 26.2 Å². The van der Waals surface area contributed by atoms with Crippen LogP contribution in [0.15, 0.2) is 40.3 Å². The normalized spacial score (nSPS) is 25.3. The van der Waals surface area contributed by atoms with Crippen LogP contribution in [0.25, 0.3) is 11.5 Å². The van der Waals surface area contributed by atoms with Gasteiger partial charge in [-0.15, -0.1) is 10.2 Å². The standard InChI is InChI=1S/C27H39N3O2/c1-18(2)25-14-23(15-26-28-29-27(32-26)22-7-5-19(3)6-8-22)20(4)13-24(25)16-30-11-9-21(17-31)10-12-30/h5-8,13,18,21,23-25,31H,9-12,14-17H2,1-4H3. The van der Waals surface area contributed by atoms with E-state index < -0.39 is 0 Å². The molecule has 0 saturated carbocycles. The van der Waals surface area contributed by atoms with Gasteiger partial charge in [0.05, 0.1) is 0 Å². The number of likely N-dealkylation sites (tertiary alicyclic amines) is 1. The van der Waals surface area contributed by atoms with E-state index in [0.717, 1.165) is 50.4 Å². The highest BCUT2D eigenvalue weighted by Crippen LogP contribution is 2.39. The molecule has 1 fully saturated rings. The Kier molecular flexibility index (Phi) is 7.47. The largest absolute Gasteiger partial charge is 0.421 e. The van der Waals surface area contributed by atoms with Crippen LogP contribution in [-0.4, -0.2) is 46.4 Å². The monoisotopic (exact) mass is 437 g/mol. The number of aliphatic hydroxyl groups excluding tert-OH is 1. The van der Waals surface area contributed by atoms with Crippen molar-refractivity contribution >= 4 is 0 Å². The smallest absolute Gasteiger partial charge is 0.247 e. The zero-order chi connectivity index (χ0) is 22.7. The van der Waals surface area contributed by atoms with Crippen LogP contribution in [0.3, 0.4) is 0 Å². The maximum atomic E-state index is 9.43. The summed E-state index contributed by atoms with van der Waals surface area (Å²) < 4.78 is 6.05. The van der Waals surface area contributed by atoms with Crippen LogP contribution >= 0.6 is 0 Å². The molecule has 5 heteroatoms. The molecule has 1 aliphatic heterocycles. The Labute approximate surface area is 192 Å². The van der Waals surface area contributed by atoms with E-state index in [2.05, 4.69) is 61.0 Å². The summed E-state index contributed by atoms with van der Waals surface area (Å²) >= 11 is 0. The summed E-state index contributed by atoms with van der Waals surface area (Å²) in [6.45, 7) is 12.8. The van der Waals surface area contributed by atoms with Crippen molar-refractivity contribution in [1.29, 1.82) is 0 Å². The fraction of sp³-hybridized carbons (Fsp3) is 0.630. The summed E-state index contributed by atoms with van der Waals surface area (Å²) in [4.78, 5) is 2.61. The first-order valence-corrected chi connectivity index (χ1v) is 12.3. The summed E-state index contributed by atoms with van der Waals surface area (Å²) in [5, 5.41) is 18.1. The number of aliphatic hydroxyl groups is 1. The van der Waals surface area contributed by atoms with Gasteiger partial charge in [0.1, 0.15) is 0 Å². The SMILES string of the molecule is CC1=CC(CN2CCC(CO)CC2)C(C(C)C)CC1Cc1nnc(-c2ccc(C)cc2)o1. The molecule has 4 rings (SSSR count). The van der Waals surface area contributed by atoms with Crippen LogP contribution in [0.2, 0.25) is 0 Å². The van der Waals surface area contributed by atoms with Gasteiger partial charge in [-0.25, -0.2) is 0 Å². The van der Waals surface area contributed by atoms with Gasteiger partial charge >= 0.3 is 0 Å². The van der Waals surface area contributed by atoms with Crippen LogP contribution in [-0.2, 0) is 6.42 Å². The molecular weight excluding hydrogens is 398 g/mol. The van der Waals surface area contributed by atoms with Crippen LogP contribution in [0.4, 0.5) is 0 Å². The van der Waals surface area contributed by atoms with E-state index in [1.54, 1.807) is 0 Å². The van der Waals surface area contributed by atoms with Gasteiger partial charge in [0.15, 0.2) is 0 Å². The minimum atomic E-state index is 0.341. The Morgan fingerprint density at radius 2 is 1.81 bits per heavy atom. The molecule has 3 atom stereocenters. The number of benzene rings is 1. The third-order valence-corrected chi connectivity index (χ3v) is 7.70. The number of aryl methyl sites for hydroxylation is 1. The highest BCUT2D eigenvalue weighted by atomic mass is 16.4. The number of hydrogen-bond donors (Lipinski definition) is 1. The molecule has 2 heterocycles. The van der Waals surface area contributed by atoms with Crippen molar-refractivity contribution in [1.82, 2.24) is 15.1 Å². The zero-order valence-electron chi connectivity index (χ0n) is 20.1. The molecule has 2 aromatic rings. The Morgan fingerprint density at radius 1 is 1.09 bits per heavy atom. The number of nitrogens with zero attached hydrogens (tertiary/aromatic N) is 3. The van der Waals surface area contributed by atoms with E-state index in [9.17, 15) is 5.11 Å². The van der Waals surface area contributed by atoms with E-state index in [1.165, 1.54) is 17.6 Å². The minimum absolute atomic E-state index is 0.341. The summed E-state index contributed by atoms with van der Waals surface area (Å²) in [6, 6.07) is 8.24. The van der Waals surface area contributed by atoms with Crippen LogP contribution in [0.1, 0.15) is 51.5 Å². The Balaban J connectivity index is 1.42. The second-order valence-corrected chi connectivity index (χ2v) is 10.4. The fourth-order valence-electron chi connectivity index (χ4n) is 5.49. The van der Waals surface area contributed by atoms with Gasteiger partial charge in [0.25, 0.3) is 0 Å². The van der Waals surface area contributed by atoms with Crippen LogP contribution in [0, 0.1) is 36.5 Å². The number of rotatable bonds is 7. The molecule has 0 amide bonds. The predicted molar refractivity (Wildman–Crippen MR) is 128 cm³/mol. The van der Waals surface area contributed by atoms with Crippen molar-refractivity contribution in [3.63, 3.8) is 0 Å². The lowest BCUT2D eigenvalue weighted by atomic mass is 9.69. The molecule has 1 saturated heterocycles. The lowest BCUT2D eigenvalue weighted by Gasteiger charge is -2.40. The Bertz CT molecular complexity index is 894. The molecule has 1 aliphatic carbocycles. The van der Waals surface area contributed by atoms with E-state index in [1.807, 2.05) is 12.1 Å². The second-order valence-electron chi connectivity index (χ2n) is 10.4. The molecule has 3 unspecified atom stereocenters. The van der Waals surface area contributed by atoms with Gasteiger partial charge in [-0.2, -0.15) is 0 Å². The zero-order valence-corrected chi connectivity index (χ0v) is 20.1. The minimum Gasteiger partial charge on any atom is -0.421 e. The van der Waals surface area contributed by atoms with Crippen LogP contribution < -0.4 is 0 Å².